The third kappa shape index (κ3) is 1.16. The zero-order valence-electron chi connectivity index (χ0n) is 9.44. The molecule has 16 heavy (non-hydrogen) atoms. The van der Waals surface area contributed by atoms with Gasteiger partial charge in [0.25, 0.3) is 0 Å². The highest BCUT2D eigenvalue weighted by molar-refractivity contribution is 6.01. The van der Waals surface area contributed by atoms with Crippen LogP contribution in [0.5, 0.6) is 0 Å². The first kappa shape index (κ1) is 9.64. The molecule has 1 aromatic carbocycles. The Morgan fingerprint density at radius 3 is 2.94 bits per heavy atom. The van der Waals surface area contributed by atoms with E-state index in [4.69, 9.17) is 0 Å². The molecule has 1 saturated heterocycles. The number of para-hydroxylation sites is 1. The fourth-order valence-electron chi connectivity index (χ4n) is 2.90. The van der Waals surface area contributed by atoms with Crippen molar-refractivity contribution < 1.29 is 4.79 Å². The monoisotopic (exact) mass is 213 g/mol. The number of hydrogen-bond donors (Lipinski definition) is 0. The zero-order chi connectivity index (χ0) is 11.3. The molecule has 82 valence electrons. The van der Waals surface area contributed by atoms with E-state index in [2.05, 4.69) is 12.6 Å². The Labute approximate surface area is 95.6 Å². The van der Waals surface area contributed by atoms with Gasteiger partial charge in [-0.05, 0) is 31.4 Å². The minimum atomic E-state index is 0.0401. The molecule has 0 aliphatic carbocycles. The van der Waals surface area contributed by atoms with Gasteiger partial charge in [-0.3, -0.25) is 4.79 Å². The second-order valence-electron chi connectivity index (χ2n) is 4.83. The second-order valence-corrected chi connectivity index (χ2v) is 4.83. The molecule has 2 heteroatoms. The van der Waals surface area contributed by atoms with Gasteiger partial charge in [-0.25, -0.2) is 0 Å². The van der Waals surface area contributed by atoms with Crippen LogP contribution in [-0.2, 0) is 11.2 Å². The molecular formula is C14H15NO. The summed E-state index contributed by atoms with van der Waals surface area (Å²) in [5.74, 6) is 0.279. The van der Waals surface area contributed by atoms with Crippen LogP contribution < -0.4 is 4.90 Å². The lowest BCUT2D eigenvalue weighted by molar-refractivity contribution is -0.119. The van der Waals surface area contributed by atoms with Crippen molar-refractivity contribution in [3.8, 4) is 0 Å². The van der Waals surface area contributed by atoms with E-state index in [0.717, 1.165) is 24.1 Å². The number of anilines is 1. The van der Waals surface area contributed by atoms with E-state index in [1.165, 1.54) is 5.56 Å². The number of rotatable bonds is 1. The SMILES string of the molecule is C=C(C)[C@H]1C[C@@H]2Cc3ccccc3N2C1=O. The summed E-state index contributed by atoms with van der Waals surface area (Å²) in [6.45, 7) is 5.88. The fourth-order valence-corrected chi connectivity index (χ4v) is 2.90. The molecule has 2 nitrogen and oxygen atoms in total. The summed E-state index contributed by atoms with van der Waals surface area (Å²) in [6, 6.07) is 8.58. The third-order valence-corrected chi connectivity index (χ3v) is 3.71. The molecule has 2 atom stereocenters. The number of amides is 1. The summed E-state index contributed by atoms with van der Waals surface area (Å²) < 4.78 is 0. The van der Waals surface area contributed by atoms with Gasteiger partial charge in [0.15, 0.2) is 0 Å². The Morgan fingerprint density at radius 2 is 2.19 bits per heavy atom. The van der Waals surface area contributed by atoms with Crippen LogP contribution in [0.2, 0.25) is 0 Å². The largest absolute Gasteiger partial charge is 0.308 e. The van der Waals surface area contributed by atoms with Crippen LogP contribution in [0.15, 0.2) is 36.4 Å². The van der Waals surface area contributed by atoms with Gasteiger partial charge in [-0.1, -0.05) is 30.4 Å². The van der Waals surface area contributed by atoms with E-state index in [1.54, 1.807) is 0 Å². The molecule has 3 rings (SSSR count). The number of hydrogen-bond acceptors (Lipinski definition) is 1. The first-order valence-electron chi connectivity index (χ1n) is 5.75. The van der Waals surface area contributed by atoms with E-state index < -0.39 is 0 Å². The van der Waals surface area contributed by atoms with Crippen LogP contribution in [0.1, 0.15) is 18.9 Å². The highest BCUT2D eigenvalue weighted by Crippen LogP contribution is 2.41. The molecule has 2 aliphatic rings. The van der Waals surface area contributed by atoms with Gasteiger partial charge in [0.05, 0.1) is 5.92 Å². The number of carbonyl (C=O) groups is 1. The average Bonchev–Trinajstić information content (AvgIpc) is 2.75. The quantitative estimate of drug-likeness (QED) is 0.656. The standard InChI is InChI=1S/C14H15NO/c1-9(2)12-8-11-7-10-5-3-4-6-13(10)15(11)14(12)16/h3-6,11-12H,1,7-8H2,2H3/t11-,12+/m0/s1. The fraction of sp³-hybridized carbons (Fsp3) is 0.357. The minimum absolute atomic E-state index is 0.0401. The van der Waals surface area contributed by atoms with Crippen LogP contribution in [0.25, 0.3) is 0 Å². The lowest BCUT2D eigenvalue weighted by Gasteiger charge is -2.16. The van der Waals surface area contributed by atoms with Gasteiger partial charge in [0, 0.05) is 11.7 Å². The molecule has 1 amide bonds. The van der Waals surface area contributed by atoms with Gasteiger partial charge < -0.3 is 4.90 Å². The van der Waals surface area contributed by atoms with Crippen molar-refractivity contribution in [3.63, 3.8) is 0 Å². The summed E-state index contributed by atoms with van der Waals surface area (Å²) in [5.41, 5.74) is 3.42. The lowest BCUT2D eigenvalue weighted by atomic mass is 9.95. The summed E-state index contributed by atoms with van der Waals surface area (Å²) in [6.07, 6.45) is 1.94. The Bertz CT molecular complexity index is 477. The van der Waals surface area contributed by atoms with Crippen LogP contribution in [0.3, 0.4) is 0 Å². The molecule has 0 N–H and O–H groups in total. The number of nitrogens with zero attached hydrogens (tertiary/aromatic N) is 1. The van der Waals surface area contributed by atoms with Gasteiger partial charge in [-0.15, -0.1) is 0 Å². The lowest BCUT2D eigenvalue weighted by Crippen LogP contribution is -2.30. The smallest absolute Gasteiger partial charge is 0.234 e. The highest BCUT2D eigenvalue weighted by Gasteiger charge is 2.44. The topological polar surface area (TPSA) is 20.3 Å². The maximum absolute atomic E-state index is 12.3. The summed E-state index contributed by atoms with van der Waals surface area (Å²) in [4.78, 5) is 14.2. The normalized spacial score (nSPS) is 26.8. The zero-order valence-corrected chi connectivity index (χ0v) is 9.44. The van der Waals surface area contributed by atoms with E-state index >= 15 is 0 Å². The average molecular weight is 213 g/mol. The van der Waals surface area contributed by atoms with Gasteiger partial charge in [-0.2, -0.15) is 0 Å². The van der Waals surface area contributed by atoms with Crippen molar-refractivity contribution in [2.45, 2.75) is 25.8 Å². The molecule has 0 unspecified atom stereocenters. The molecule has 2 heterocycles. The van der Waals surface area contributed by atoms with Crippen LogP contribution in [-0.4, -0.2) is 11.9 Å². The van der Waals surface area contributed by atoms with Crippen molar-refractivity contribution in [2.75, 3.05) is 4.90 Å². The van der Waals surface area contributed by atoms with Crippen LogP contribution >= 0.6 is 0 Å². The summed E-state index contributed by atoms with van der Waals surface area (Å²) in [7, 11) is 0. The van der Waals surface area contributed by atoms with Crippen molar-refractivity contribution in [2.24, 2.45) is 5.92 Å². The second kappa shape index (κ2) is 3.21. The maximum atomic E-state index is 12.3. The molecular weight excluding hydrogens is 198 g/mol. The molecule has 0 bridgehead atoms. The van der Waals surface area contributed by atoms with Crippen molar-refractivity contribution >= 4 is 11.6 Å². The Hall–Kier alpha value is -1.57. The molecule has 0 saturated carbocycles. The first-order valence-corrected chi connectivity index (χ1v) is 5.75. The van der Waals surface area contributed by atoms with Crippen molar-refractivity contribution in [1.29, 1.82) is 0 Å². The predicted octanol–water partition coefficient (Wildman–Crippen LogP) is 2.54. The molecule has 1 aromatic rings. The molecule has 0 spiro atoms. The van der Waals surface area contributed by atoms with E-state index in [-0.39, 0.29) is 11.8 Å². The van der Waals surface area contributed by atoms with Crippen molar-refractivity contribution in [1.82, 2.24) is 0 Å². The summed E-state index contributed by atoms with van der Waals surface area (Å²) in [5, 5.41) is 0. The predicted molar refractivity (Wildman–Crippen MR) is 64.3 cm³/mol. The van der Waals surface area contributed by atoms with Crippen LogP contribution in [0.4, 0.5) is 5.69 Å². The highest BCUT2D eigenvalue weighted by atomic mass is 16.2. The molecule has 0 aromatic heterocycles. The molecule has 2 aliphatic heterocycles. The van der Waals surface area contributed by atoms with Gasteiger partial charge in [0.2, 0.25) is 5.91 Å². The molecule has 1 fully saturated rings. The number of fused-ring (bicyclic) bond motifs is 3. The van der Waals surface area contributed by atoms with E-state index in [9.17, 15) is 4.79 Å². The molecule has 0 radical (unpaired) electrons. The third-order valence-electron chi connectivity index (χ3n) is 3.71. The Balaban J connectivity index is 2.01. The number of benzene rings is 1. The van der Waals surface area contributed by atoms with Crippen LogP contribution in [0, 0.1) is 5.92 Å². The minimum Gasteiger partial charge on any atom is -0.308 e. The van der Waals surface area contributed by atoms with Gasteiger partial charge in [0.1, 0.15) is 0 Å². The summed E-state index contributed by atoms with van der Waals surface area (Å²) >= 11 is 0. The van der Waals surface area contributed by atoms with Gasteiger partial charge >= 0.3 is 0 Å². The Morgan fingerprint density at radius 1 is 1.44 bits per heavy atom. The maximum Gasteiger partial charge on any atom is 0.234 e. The van der Waals surface area contributed by atoms with E-state index in [0.29, 0.717) is 6.04 Å². The van der Waals surface area contributed by atoms with E-state index in [1.807, 2.05) is 30.0 Å². The van der Waals surface area contributed by atoms with Crippen molar-refractivity contribution in [3.05, 3.63) is 42.0 Å². The number of carbonyl (C=O) groups excluding carboxylic acids is 1. The first-order chi connectivity index (χ1) is 7.68. The Kier molecular flexibility index (Phi) is 1.93.